The van der Waals surface area contributed by atoms with E-state index in [1.165, 1.54) is 19.6 Å². The van der Waals surface area contributed by atoms with Crippen LogP contribution in [0.5, 0.6) is 5.75 Å². The van der Waals surface area contributed by atoms with Gasteiger partial charge in [0.2, 0.25) is 0 Å². The first kappa shape index (κ1) is 42.5. The van der Waals surface area contributed by atoms with Gasteiger partial charge in [0.15, 0.2) is 0 Å². The lowest BCUT2D eigenvalue weighted by atomic mass is 9.47. The summed E-state index contributed by atoms with van der Waals surface area (Å²) in [6.45, 7) is 9.53. The van der Waals surface area contributed by atoms with Crippen molar-refractivity contribution in [1.29, 1.82) is 0 Å². The minimum atomic E-state index is -1.79. The highest BCUT2D eigenvalue weighted by atomic mass is 16.6. The summed E-state index contributed by atoms with van der Waals surface area (Å²) in [4.78, 5) is 53.6. The van der Waals surface area contributed by atoms with Crippen molar-refractivity contribution in [3.63, 3.8) is 0 Å². The molecule has 2 fully saturated rings. The number of rotatable bonds is 9. The van der Waals surface area contributed by atoms with Crippen molar-refractivity contribution < 1.29 is 33.7 Å². The van der Waals surface area contributed by atoms with Crippen LogP contribution in [-0.2, 0) is 36.3 Å². The fourth-order valence-corrected chi connectivity index (χ4v) is 13.9. The summed E-state index contributed by atoms with van der Waals surface area (Å²) in [5, 5.41) is 18.1. The van der Waals surface area contributed by atoms with E-state index in [0.29, 0.717) is 37.1 Å². The molecule has 1 saturated heterocycles. The maximum absolute atomic E-state index is 15.4. The fraction of sp³-hybridized carbons (Fsp3) is 0.481. The number of carbonyl (C=O) groups excluding carboxylic acids is 3. The predicted molar refractivity (Wildman–Crippen MR) is 246 cm³/mol. The molecule has 2 bridgehead atoms. The molecule has 1 saturated carbocycles. The Bertz CT molecular complexity index is 2590. The Morgan fingerprint density at radius 3 is 2.50 bits per heavy atom. The summed E-state index contributed by atoms with van der Waals surface area (Å²) in [5.41, 5.74) is 2.58. The normalized spacial score (nSPS) is 32.5. The lowest BCUT2D eigenvalue weighted by Crippen LogP contribution is -2.81. The van der Waals surface area contributed by atoms with Crippen LogP contribution in [0.3, 0.4) is 0 Å². The van der Waals surface area contributed by atoms with Gasteiger partial charge >= 0.3 is 11.9 Å². The molecule has 64 heavy (non-hydrogen) atoms. The molecule has 1 amide bonds. The van der Waals surface area contributed by atoms with Gasteiger partial charge in [-0.25, -0.2) is 0 Å². The highest BCUT2D eigenvalue weighted by molar-refractivity contribution is 5.95. The zero-order chi connectivity index (χ0) is 44.8. The molecule has 1 aliphatic carbocycles. The highest BCUT2D eigenvalue weighted by Crippen LogP contribution is 2.68. The zero-order valence-corrected chi connectivity index (χ0v) is 37.9. The number of ether oxygens (including phenoxy) is 3. The molecule has 1 aromatic heterocycles. The van der Waals surface area contributed by atoms with Gasteiger partial charge in [-0.3, -0.25) is 24.2 Å². The monoisotopic (exact) mass is 867 g/mol. The Kier molecular flexibility index (Phi) is 10.4. The average molecular weight is 868 g/mol. The number of aliphatic hydroxyl groups is 1. The van der Waals surface area contributed by atoms with E-state index in [2.05, 4.69) is 87.4 Å². The van der Waals surface area contributed by atoms with E-state index in [0.717, 1.165) is 78.0 Å². The van der Waals surface area contributed by atoms with Crippen molar-refractivity contribution in [2.75, 3.05) is 65.4 Å². The second kappa shape index (κ2) is 15.6. The van der Waals surface area contributed by atoms with Gasteiger partial charge in [-0.05, 0) is 80.0 Å². The van der Waals surface area contributed by atoms with E-state index in [1.807, 2.05) is 31.3 Å². The Balaban J connectivity index is 1.24. The number of amides is 1. The summed E-state index contributed by atoms with van der Waals surface area (Å²) in [6.07, 6.45) is 9.05. The van der Waals surface area contributed by atoms with Gasteiger partial charge in [-0.15, -0.1) is 0 Å². The van der Waals surface area contributed by atoms with Crippen LogP contribution in [0.4, 0.5) is 5.69 Å². The van der Waals surface area contributed by atoms with E-state index in [4.69, 9.17) is 14.2 Å². The molecule has 336 valence electrons. The molecule has 6 heterocycles. The minimum Gasteiger partial charge on any atom is -0.496 e. The fourth-order valence-electron chi connectivity index (χ4n) is 13.9. The first-order valence-electron chi connectivity index (χ1n) is 23.1. The Labute approximate surface area is 375 Å². The van der Waals surface area contributed by atoms with Crippen LogP contribution < -0.4 is 15.0 Å². The number of hydrogen-bond donors (Lipinski definition) is 3. The van der Waals surface area contributed by atoms with E-state index < -0.39 is 40.0 Å². The first-order chi connectivity index (χ1) is 30.9. The minimum absolute atomic E-state index is 0.0300. The average Bonchev–Trinajstić information content (AvgIpc) is 3.98. The Hall–Kier alpha value is -5.43. The maximum atomic E-state index is 15.4. The van der Waals surface area contributed by atoms with Crippen LogP contribution >= 0.6 is 0 Å². The first-order valence-corrected chi connectivity index (χ1v) is 23.1. The van der Waals surface area contributed by atoms with Crippen LogP contribution in [-0.4, -0.2) is 122 Å². The van der Waals surface area contributed by atoms with Gasteiger partial charge in [-0.2, -0.15) is 0 Å². The third-order valence-electron chi connectivity index (χ3n) is 16.2. The number of aromatic amines is 1. The van der Waals surface area contributed by atoms with Crippen LogP contribution in [0, 0.1) is 11.3 Å². The third kappa shape index (κ3) is 5.93. The van der Waals surface area contributed by atoms with Crippen molar-refractivity contribution in [2.24, 2.45) is 11.3 Å². The van der Waals surface area contributed by atoms with E-state index >= 15 is 4.79 Å². The number of methoxy groups -OCH3 is 2. The summed E-state index contributed by atoms with van der Waals surface area (Å²) >= 11 is 0. The van der Waals surface area contributed by atoms with Gasteiger partial charge in [-0.1, -0.05) is 74.0 Å². The van der Waals surface area contributed by atoms with Gasteiger partial charge in [0.25, 0.3) is 5.91 Å². The second-order valence-corrected chi connectivity index (χ2v) is 19.2. The van der Waals surface area contributed by atoms with Gasteiger partial charge in [0.05, 0.1) is 26.8 Å². The summed E-state index contributed by atoms with van der Waals surface area (Å²) in [6, 6.07) is 20.7. The van der Waals surface area contributed by atoms with E-state index in [1.54, 1.807) is 19.2 Å². The van der Waals surface area contributed by atoms with Gasteiger partial charge in [0, 0.05) is 96.5 Å². The van der Waals surface area contributed by atoms with E-state index in [9.17, 15) is 14.7 Å². The molecular weight excluding hydrogens is 807 g/mol. The molecule has 10 rings (SSSR count). The quantitative estimate of drug-likeness (QED) is 0.135. The highest BCUT2D eigenvalue weighted by Gasteiger charge is 2.78. The number of fused-ring (bicyclic) bond motifs is 6. The lowest BCUT2D eigenvalue weighted by Gasteiger charge is -2.64. The molecule has 5 aliphatic heterocycles. The topological polar surface area (TPSA) is 137 Å². The number of carbonyl (C=O) groups is 3. The number of aromatic nitrogens is 1. The zero-order valence-electron chi connectivity index (χ0n) is 37.9. The number of esters is 2. The standard InChI is InChI=1S/C52H61N5O7/c1-7-33-25-34-28-51(48(60)63-6,43-37(19-23-56(29-33)30-34)36-17-12-13-18-40(36)54-43)39-26-38-41(27-42(39)62-5)55(4)46-50(38)21-24-57-22-14-20-49(8-2,45(50)57)47(64-32(3)58)52(46,61)31-53-44(59)35-15-10-9-11-16-35/h9-18,20,25-27,34,45-47,54,61H,7-8,19,21-24,28-31H2,1-6H3,(H,53,59)/t34-,45?,46+,47+,49+,50+,51-,52?/m0/s1. The van der Waals surface area contributed by atoms with Gasteiger partial charge in [0.1, 0.15) is 22.9 Å². The number of likely N-dealkylation sites (N-methyl/N-ethyl adjacent to an activating group) is 1. The summed E-state index contributed by atoms with van der Waals surface area (Å²) < 4.78 is 18.9. The van der Waals surface area contributed by atoms with Crippen molar-refractivity contribution >= 4 is 34.4 Å². The number of para-hydroxylation sites is 1. The van der Waals surface area contributed by atoms with Crippen molar-refractivity contribution in [3.05, 3.63) is 118 Å². The molecule has 1 spiro atoms. The van der Waals surface area contributed by atoms with Crippen molar-refractivity contribution in [2.45, 2.75) is 87.5 Å². The van der Waals surface area contributed by atoms with Crippen LogP contribution in [0.25, 0.3) is 10.9 Å². The molecule has 3 unspecified atom stereocenters. The number of anilines is 1. The predicted octanol–water partition coefficient (Wildman–Crippen LogP) is 6.05. The van der Waals surface area contributed by atoms with Crippen molar-refractivity contribution in [1.82, 2.24) is 20.1 Å². The SMILES string of the molecule is CCC1=C[C@@H]2CN(CCc3c([nH]c4ccccc34)[C@@](C(=O)OC)(c3cc4c(cc3OC)N(C)[C@H]3C(O)(CNC(=O)c5ccccc5)[C@H](OC(C)=O)[C@]5(CC)C=CCN6CC[C@]43C65)C2)C1. The largest absolute Gasteiger partial charge is 0.496 e. The molecule has 6 aliphatic rings. The van der Waals surface area contributed by atoms with Crippen LogP contribution in [0.2, 0.25) is 0 Å². The number of H-pyrrole nitrogens is 1. The van der Waals surface area contributed by atoms with E-state index in [-0.39, 0.29) is 30.4 Å². The molecule has 3 aromatic carbocycles. The molecule has 12 heteroatoms. The molecule has 12 nitrogen and oxygen atoms in total. The number of nitrogens with zero attached hydrogens (tertiary/aromatic N) is 3. The lowest BCUT2D eigenvalue weighted by molar-refractivity contribution is -0.216. The van der Waals surface area contributed by atoms with Crippen molar-refractivity contribution in [3.8, 4) is 5.75 Å². The number of benzene rings is 3. The second-order valence-electron chi connectivity index (χ2n) is 19.2. The number of nitrogens with one attached hydrogen (secondary N) is 2. The number of hydrogen-bond acceptors (Lipinski definition) is 10. The van der Waals surface area contributed by atoms with Gasteiger partial charge < -0.3 is 34.5 Å². The molecule has 9 atom stereocenters. The molecule has 3 N–H and O–H groups in total. The molecular formula is C52H61N5O7. The van der Waals surface area contributed by atoms with Crippen LogP contribution in [0.15, 0.2) is 90.5 Å². The third-order valence-corrected chi connectivity index (χ3v) is 16.2. The molecule has 4 aromatic rings. The van der Waals surface area contributed by atoms with Crippen LogP contribution in [0.1, 0.15) is 79.2 Å². The smallest absolute Gasteiger partial charge is 0.322 e. The maximum Gasteiger partial charge on any atom is 0.322 e. The Morgan fingerprint density at radius 2 is 1.77 bits per heavy atom. The Morgan fingerprint density at radius 1 is 0.984 bits per heavy atom. The summed E-state index contributed by atoms with van der Waals surface area (Å²) in [7, 11) is 5.14. The molecule has 0 radical (unpaired) electrons. The summed E-state index contributed by atoms with van der Waals surface area (Å²) in [5.74, 6) is -0.621.